The number of phenolic OH excluding ortho intramolecular Hbond substituents is 1. The van der Waals surface area contributed by atoms with Crippen LogP contribution in [0.2, 0.25) is 0 Å². The molecule has 4 nitrogen and oxygen atoms in total. The number of carboxylic acids is 1. The molecule has 4 heteroatoms. The minimum Gasteiger partial charge on any atom is -0.508 e. The maximum absolute atomic E-state index is 11.9. The number of aliphatic carboxylic acids is 1. The number of unbranched alkanes of at least 4 members (excludes halogenated alkanes) is 2. The molecule has 18 heavy (non-hydrogen) atoms. The van der Waals surface area contributed by atoms with Crippen LogP contribution in [-0.2, 0) is 4.79 Å². The number of phenols is 1. The molecule has 1 aromatic carbocycles. The molecule has 98 valence electrons. The first-order valence-electron chi connectivity index (χ1n) is 6.05. The van der Waals surface area contributed by atoms with Gasteiger partial charge in [-0.25, -0.2) is 0 Å². The van der Waals surface area contributed by atoms with Crippen molar-refractivity contribution in [3.63, 3.8) is 0 Å². The van der Waals surface area contributed by atoms with Gasteiger partial charge in [0.15, 0.2) is 5.78 Å². The van der Waals surface area contributed by atoms with Crippen molar-refractivity contribution in [1.82, 2.24) is 0 Å². The maximum Gasteiger partial charge on any atom is 0.303 e. The highest BCUT2D eigenvalue weighted by atomic mass is 16.4. The van der Waals surface area contributed by atoms with Crippen LogP contribution < -0.4 is 0 Å². The van der Waals surface area contributed by atoms with Gasteiger partial charge in [-0.05, 0) is 43.5 Å². The summed E-state index contributed by atoms with van der Waals surface area (Å²) in [5, 5.41) is 17.7. The van der Waals surface area contributed by atoms with Gasteiger partial charge in [0.1, 0.15) is 5.75 Å². The molecule has 0 fully saturated rings. The highest BCUT2D eigenvalue weighted by Gasteiger charge is 2.09. The summed E-state index contributed by atoms with van der Waals surface area (Å²) in [7, 11) is 0. The molecule has 0 unspecified atom stereocenters. The largest absolute Gasteiger partial charge is 0.508 e. The summed E-state index contributed by atoms with van der Waals surface area (Å²) in [4.78, 5) is 22.2. The van der Waals surface area contributed by atoms with Crippen LogP contribution in [0.1, 0.15) is 48.0 Å². The van der Waals surface area contributed by atoms with Crippen LogP contribution in [0.4, 0.5) is 0 Å². The lowest BCUT2D eigenvalue weighted by Crippen LogP contribution is -2.02. The van der Waals surface area contributed by atoms with E-state index in [1.165, 1.54) is 6.07 Å². The highest BCUT2D eigenvalue weighted by molar-refractivity contribution is 5.97. The lowest BCUT2D eigenvalue weighted by atomic mass is 10.00. The minimum absolute atomic E-state index is 0.0443. The number of aryl methyl sites for hydroxylation is 1. The molecule has 0 aliphatic rings. The number of aromatic hydroxyl groups is 1. The van der Waals surface area contributed by atoms with Gasteiger partial charge in [0.05, 0.1) is 0 Å². The van der Waals surface area contributed by atoms with E-state index in [1.807, 2.05) is 0 Å². The van der Waals surface area contributed by atoms with Crippen molar-refractivity contribution in [2.24, 2.45) is 0 Å². The van der Waals surface area contributed by atoms with E-state index < -0.39 is 5.97 Å². The summed E-state index contributed by atoms with van der Waals surface area (Å²) < 4.78 is 0. The zero-order valence-corrected chi connectivity index (χ0v) is 10.5. The van der Waals surface area contributed by atoms with Gasteiger partial charge in [-0.1, -0.05) is 6.42 Å². The number of carbonyl (C=O) groups excluding carboxylic acids is 1. The van der Waals surface area contributed by atoms with Crippen LogP contribution in [0.5, 0.6) is 5.75 Å². The first-order valence-corrected chi connectivity index (χ1v) is 6.05. The fourth-order valence-corrected chi connectivity index (χ4v) is 1.83. The Hall–Kier alpha value is -1.84. The Kier molecular flexibility index (Phi) is 5.36. The number of carbonyl (C=O) groups is 2. The Morgan fingerprint density at radius 3 is 2.39 bits per heavy atom. The third kappa shape index (κ3) is 4.57. The number of Topliss-reactive ketones (excluding diaryl/α,β-unsaturated/α-hetero) is 1. The van der Waals surface area contributed by atoms with Crippen LogP contribution in [0, 0.1) is 6.92 Å². The van der Waals surface area contributed by atoms with Crippen LogP contribution in [0.15, 0.2) is 18.2 Å². The van der Waals surface area contributed by atoms with E-state index in [-0.39, 0.29) is 18.0 Å². The third-order valence-electron chi connectivity index (χ3n) is 2.80. The van der Waals surface area contributed by atoms with Gasteiger partial charge in [-0.2, -0.15) is 0 Å². The Morgan fingerprint density at radius 1 is 1.11 bits per heavy atom. The molecular weight excluding hydrogens is 232 g/mol. The van der Waals surface area contributed by atoms with Crippen LogP contribution in [0.25, 0.3) is 0 Å². The molecule has 0 saturated carbocycles. The van der Waals surface area contributed by atoms with E-state index >= 15 is 0 Å². The number of hydrogen-bond acceptors (Lipinski definition) is 3. The van der Waals surface area contributed by atoms with Crippen molar-refractivity contribution < 1.29 is 19.8 Å². The second kappa shape index (κ2) is 6.79. The average Bonchev–Trinajstić information content (AvgIpc) is 2.27. The number of carboxylic acid groups (broad SMARTS) is 1. The van der Waals surface area contributed by atoms with E-state index in [0.717, 1.165) is 12.0 Å². The normalized spacial score (nSPS) is 10.3. The van der Waals surface area contributed by atoms with Crippen LogP contribution in [0.3, 0.4) is 0 Å². The molecule has 0 aromatic heterocycles. The maximum atomic E-state index is 11.9. The Balaban J connectivity index is 2.39. The predicted molar refractivity (Wildman–Crippen MR) is 67.9 cm³/mol. The zero-order valence-electron chi connectivity index (χ0n) is 10.5. The highest BCUT2D eigenvalue weighted by Crippen LogP contribution is 2.18. The predicted octanol–water partition coefficient (Wildman–Crippen LogP) is 2.92. The number of benzene rings is 1. The SMILES string of the molecule is Cc1cc(O)ccc1C(=O)CCCCCC(=O)O. The van der Waals surface area contributed by atoms with E-state index in [2.05, 4.69) is 0 Å². The minimum atomic E-state index is -0.796. The van der Waals surface area contributed by atoms with E-state index in [9.17, 15) is 14.7 Å². The van der Waals surface area contributed by atoms with Gasteiger partial charge in [-0.15, -0.1) is 0 Å². The average molecular weight is 250 g/mol. The molecular formula is C14H18O4. The molecule has 0 amide bonds. The second-order valence-corrected chi connectivity index (χ2v) is 4.38. The quantitative estimate of drug-likeness (QED) is 0.576. The van der Waals surface area contributed by atoms with Gasteiger partial charge in [0.2, 0.25) is 0 Å². The fraction of sp³-hybridized carbons (Fsp3) is 0.429. The molecule has 0 radical (unpaired) electrons. The smallest absolute Gasteiger partial charge is 0.303 e. The van der Waals surface area contributed by atoms with Crippen molar-refractivity contribution in [2.45, 2.75) is 39.0 Å². The van der Waals surface area contributed by atoms with Crippen molar-refractivity contribution in [3.05, 3.63) is 29.3 Å². The molecule has 0 atom stereocenters. The van der Waals surface area contributed by atoms with Crippen LogP contribution >= 0.6 is 0 Å². The molecule has 2 N–H and O–H groups in total. The summed E-state index contributed by atoms with van der Waals surface area (Å²) in [6, 6.07) is 4.70. The molecule has 0 spiro atoms. The Labute approximate surface area is 106 Å². The first kappa shape index (κ1) is 14.2. The molecule has 0 heterocycles. The standard InChI is InChI=1S/C14H18O4/c1-10-9-11(15)7-8-12(10)13(16)5-3-2-4-6-14(17)18/h7-9,15H,2-6H2,1H3,(H,17,18). The van der Waals surface area contributed by atoms with Crippen molar-refractivity contribution >= 4 is 11.8 Å². The van der Waals surface area contributed by atoms with E-state index in [4.69, 9.17) is 5.11 Å². The second-order valence-electron chi connectivity index (χ2n) is 4.38. The van der Waals surface area contributed by atoms with Gasteiger partial charge in [-0.3, -0.25) is 9.59 Å². The number of ketones is 1. The lowest BCUT2D eigenvalue weighted by molar-refractivity contribution is -0.137. The zero-order chi connectivity index (χ0) is 13.5. The lowest BCUT2D eigenvalue weighted by Gasteiger charge is -2.05. The first-order chi connectivity index (χ1) is 8.50. The monoisotopic (exact) mass is 250 g/mol. The fourth-order valence-electron chi connectivity index (χ4n) is 1.83. The molecule has 0 saturated heterocycles. The summed E-state index contributed by atoms with van der Waals surface area (Å²) in [5.41, 5.74) is 1.40. The summed E-state index contributed by atoms with van der Waals surface area (Å²) in [6.45, 7) is 1.79. The molecule has 1 rings (SSSR count). The molecule has 0 aliphatic carbocycles. The Bertz CT molecular complexity index is 437. The van der Waals surface area contributed by atoms with Gasteiger partial charge < -0.3 is 10.2 Å². The topological polar surface area (TPSA) is 74.6 Å². The summed E-state index contributed by atoms with van der Waals surface area (Å²) in [5.74, 6) is -0.593. The van der Waals surface area contributed by atoms with Gasteiger partial charge in [0.25, 0.3) is 0 Å². The van der Waals surface area contributed by atoms with Gasteiger partial charge >= 0.3 is 5.97 Å². The van der Waals surface area contributed by atoms with Gasteiger partial charge in [0, 0.05) is 18.4 Å². The number of rotatable bonds is 7. The van der Waals surface area contributed by atoms with Crippen molar-refractivity contribution in [2.75, 3.05) is 0 Å². The van der Waals surface area contributed by atoms with Crippen molar-refractivity contribution in [1.29, 1.82) is 0 Å². The summed E-state index contributed by atoms with van der Waals surface area (Å²) >= 11 is 0. The summed E-state index contributed by atoms with van der Waals surface area (Å²) in [6.07, 6.45) is 2.64. The number of hydrogen-bond donors (Lipinski definition) is 2. The third-order valence-corrected chi connectivity index (χ3v) is 2.80. The van der Waals surface area contributed by atoms with Crippen molar-refractivity contribution in [3.8, 4) is 5.75 Å². The molecule has 1 aromatic rings. The molecule has 0 bridgehead atoms. The van der Waals surface area contributed by atoms with E-state index in [1.54, 1.807) is 19.1 Å². The molecule has 0 aliphatic heterocycles. The Morgan fingerprint density at radius 2 is 1.78 bits per heavy atom. The van der Waals surface area contributed by atoms with E-state index in [0.29, 0.717) is 24.8 Å². The van der Waals surface area contributed by atoms with Crippen LogP contribution in [-0.4, -0.2) is 22.0 Å².